The Morgan fingerprint density at radius 3 is 2.30 bits per heavy atom. The van der Waals surface area contributed by atoms with Gasteiger partial charge in [0.1, 0.15) is 17.3 Å². The van der Waals surface area contributed by atoms with Crippen LogP contribution >= 0.6 is 11.8 Å². The minimum absolute atomic E-state index is 0.0786. The first kappa shape index (κ1) is 22.3. The van der Waals surface area contributed by atoms with Crippen molar-refractivity contribution in [3.05, 3.63) is 72.8 Å². The lowest BCUT2D eigenvalue weighted by molar-refractivity contribution is -0.113. The monoisotopic (exact) mass is 465 g/mol. The molecule has 0 radical (unpaired) electrons. The molecule has 1 N–H and O–H groups in total. The van der Waals surface area contributed by atoms with Gasteiger partial charge in [0.2, 0.25) is 5.91 Å². The molecule has 4 aromatic rings. The summed E-state index contributed by atoms with van der Waals surface area (Å²) in [6.07, 6.45) is 3.31. The number of pyridine rings is 1. The van der Waals surface area contributed by atoms with Crippen molar-refractivity contribution < 1.29 is 18.7 Å². The molecule has 0 saturated carbocycles. The number of anilines is 1. The first-order valence-electron chi connectivity index (χ1n) is 9.85. The van der Waals surface area contributed by atoms with E-state index in [0.29, 0.717) is 33.9 Å². The van der Waals surface area contributed by atoms with E-state index < -0.39 is 0 Å². The van der Waals surface area contributed by atoms with E-state index in [0.717, 1.165) is 5.56 Å². The van der Waals surface area contributed by atoms with E-state index in [1.165, 1.54) is 23.9 Å². The highest BCUT2D eigenvalue weighted by Gasteiger charge is 2.18. The highest BCUT2D eigenvalue weighted by Crippen LogP contribution is 2.29. The first-order chi connectivity index (χ1) is 16.1. The molecule has 0 spiro atoms. The van der Waals surface area contributed by atoms with Crippen LogP contribution in [0.4, 0.5) is 10.1 Å². The van der Waals surface area contributed by atoms with Crippen LogP contribution in [-0.2, 0) is 4.79 Å². The highest BCUT2D eigenvalue weighted by molar-refractivity contribution is 7.99. The van der Waals surface area contributed by atoms with Gasteiger partial charge in [0.15, 0.2) is 11.0 Å². The summed E-state index contributed by atoms with van der Waals surface area (Å²) >= 11 is 1.21. The van der Waals surface area contributed by atoms with Crippen LogP contribution in [0.5, 0.6) is 11.5 Å². The van der Waals surface area contributed by atoms with E-state index in [9.17, 15) is 9.18 Å². The molecule has 4 rings (SSSR count). The molecular formula is C23H20FN5O3S. The molecule has 168 valence electrons. The number of carbonyl (C=O) groups is 1. The zero-order chi connectivity index (χ0) is 23.2. The van der Waals surface area contributed by atoms with Gasteiger partial charge in [-0.2, -0.15) is 0 Å². The minimum atomic E-state index is -0.348. The number of nitrogens with zero attached hydrogens (tertiary/aromatic N) is 4. The van der Waals surface area contributed by atoms with Gasteiger partial charge < -0.3 is 14.8 Å². The SMILES string of the molecule is COc1cc(NC(=O)CSc2nnc(-c3ccncc3)n2-c2ccc(F)cc2)cc(OC)c1. The molecule has 10 heteroatoms. The van der Waals surface area contributed by atoms with Crippen molar-refractivity contribution in [2.45, 2.75) is 5.16 Å². The second-order valence-electron chi connectivity index (χ2n) is 6.79. The molecule has 1 amide bonds. The third-order valence-electron chi connectivity index (χ3n) is 4.62. The fourth-order valence-electron chi connectivity index (χ4n) is 3.08. The van der Waals surface area contributed by atoms with Gasteiger partial charge in [0.25, 0.3) is 0 Å². The number of halogens is 1. The Labute approximate surface area is 193 Å². The predicted octanol–water partition coefficient (Wildman–Crippen LogP) is 4.22. The molecule has 0 bridgehead atoms. The molecular weight excluding hydrogens is 445 g/mol. The van der Waals surface area contributed by atoms with Gasteiger partial charge in [0.05, 0.1) is 20.0 Å². The number of nitrogens with one attached hydrogen (secondary N) is 1. The fourth-order valence-corrected chi connectivity index (χ4v) is 3.83. The van der Waals surface area contributed by atoms with E-state index in [2.05, 4.69) is 20.5 Å². The topological polar surface area (TPSA) is 91.2 Å². The largest absolute Gasteiger partial charge is 0.497 e. The van der Waals surface area contributed by atoms with Crippen molar-refractivity contribution in [3.63, 3.8) is 0 Å². The predicted molar refractivity (Wildman–Crippen MR) is 123 cm³/mol. The molecule has 2 aromatic heterocycles. The molecule has 8 nitrogen and oxygen atoms in total. The smallest absolute Gasteiger partial charge is 0.234 e. The number of methoxy groups -OCH3 is 2. The average molecular weight is 466 g/mol. The minimum Gasteiger partial charge on any atom is -0.497 e. The van der Waals surface area contributed by atoms with Crippen molar-refractivity contribution in [1.29, 1.82) is 0 Å². The number of thioether (sulfide) groups is 1. The Kier molecular flexibility index (Phi) is 6.84. The van der Waals surface area contributed by atoms with E-state index in [1.807, 2.05) is 0 Å². The lowest BCUT2D eigenvalue weighted by atomic mass is 10.2. The van der Waals surface area contributed by atoms with Crippen LogP contribution in [0.25, 0.3) is 17.1 Å². The van der Waals surface area contributed by atoms with Gasteiger partial charge in [-0.3, -0.25) is 14.3 Å². The third kappa shape index (κ3) is 5.29. The van der Waals surface area contributed by atoms with Crippen LogP contribution in [0, 0.1) is 5.82 Å². The molecule has 0 aliphatic heterocycles. The van der Waals surface area contributed by atoms with E-state index in [1.54, 1.807) is 73.6 Å². The maximum absolute atomic E-state index is 13.5. The summed E-state index contributed by atoms with van der Waals surface area (Å²) in [6, 6.07) is 14.7. The Hall–Kier alpha value is -3.92. The average Bonchev–Trinajstić information content (AvgIpc) is 3.27. The fraction of sp³-hybridized carbons (Fsp3) is 0.130. The highest BCUT2D eigenvalue weighted by atomic mass is 32.2. The number of hydrogen-bond donors (Lipinski definition) is 1. The molecule has 0 fully saturated rings. The second-order valence-corrected chi connectivity index (χ2v) is 7.73. The van der Waals surface area contributed by atoms with Gasteiger partial charge in [0, 0.05) is 47.5 Å². The second kappa shape index (κ2) is 10.1. The number of rotatable bonds is 8. The van der Waals surface area contributed by atoms with Crippen molar-refractivity contribution in [3.8, 4) is 28.6 Å². The molecule has 33 heavy (non-hydrogen) atoms. The molecule has 2 aromatic carbocycles. The summed E-state index contributed by atoms with van der Waals surface area (Å²) in [4.78, 5) is 16.7. The van der Waals surface area contributed by atoms with Crippen molar-refractivity contribution in [2.75, 3.05) is 25.3 Å². The third-order valence-corrected chi connectivity index (χ3v) is 5.55. The van der Waals surface area contributed by atoms with Crippen molar-refractivity contribution in [2.24, 2.45) is 0 Å². The summed E-state index contributed by atoms with van der Waals surface area (Å²) in [5.74, 6) is 1.18. The van der Waals surface area contributed by atoms with E-state index in [-0.39, 0.29) is 17.5 Å². The van der Waals surface area contributed by atoms with E-state index in [4.69, 9.17) is 9.47 Å². The van der Waals surface area contributed by atoms with Crippen LogP contribution in [0.2, 0.25) is 0 Å². The molecule has 0 aliphatic carbocycles. The van der Waals surface area contributed by atoms with Gasteiger partial charge in [-0.1, -0.05) is 11.8 Å². The number of carbonyl (C=O) groups excluding carboxylic acids is 1. The van der Waals surface area contributed by atoms with Crippen molar-refractivity contribution >= 4 is 23.4 Å². The molecule has 2 heterocycles. The van der Waals surface area contributed by atoms with Gasteiger partial charge in [-0.15, -0.1) is 10.2 Å². The first-order valence-corrected chi connectivity index (χ1v) is 10.8. The number of aromatic nitrogens is 4. The van der Waals surface area contributed by atoms with Crippen molar-refractivity contribution in [1.82, 2.24) is 19.7 Å². The molecule has 0 unspecified atom stereocenters. The van der Waals surface area contributed by atoms with Gasteiger partial charge in [-0.05, 0) is 36.4 Å². The van der Waals surface area contributed by atoms with Crippen LogP contribution in [0.1, 0.15) is 0 Å². The van der Waals surface area contributed by atoms with Crippen LogP contribution < -0.4 is 14.8 Å². The van der Waals surface area contributed by atoms with Crippen LogP contribution in [0.3, 0.4) is 0 Å². The Bertz CT molecular complexity index is 1230. The number of hydrogen-bond acceptors (Lipinski definition) is 7. The molecule has 0 aliphatic rings. The van der Waals surface area contributed by atoms with Crippen LogP contribution in [-0.4, -0.2) is 45.6 Å². The summed E-state index contributed by atoms with van der Waals surface area (Å²) in [6.45, 7) is 0. The Morgan fingerprint density at radius 1 is 1.00 bits per heavy atom. The standard InChI is InChI=1S/C23H20FN5O3S/c1-31-19-11-17(12-20(13-19)32-2)26-21(30)14-33-23-28-27-22(15-7-9-25-10-8-15)29(23)18-5-3-16(24)4-6-18/h3-13H,14H2,1-2H3,(H,26,30). The maximum Gasteiger partial charge on any atom is 0.234 e. The Balaban J connectivity index is 1.56. The summed E-state index contributed by atoms with van der Waals surface area (Å²) < 4.78 is 25.7. The van der Waals surface area contributed by atoms with Gasteiger partial charge >= 0.3 is 0 Å². The summed E-state index contributed by atoms with van der Waals surface area (Å²) in [7, 11) is 3.08. The summed E-state index contributed by atoms with van der Waals surface area (Å²) in [5, 5.41) is 11.9. The number of amides is 1. The Morgan fingerprint density at radius 2 is 1.67 bits per heavy atom. The quantitative estimate of drug-likeness (QED) is 0.390. The number of benzene rings is 2. The van der Waals surface area contributed by atoms with Gasteiger partial charge in [-0.25, -0.2) is 4.39 Å². The zero-order valence-corrected chi connectivity index (χ0v) is 18.7. The molecule has 0 atom stereocenters. The summed E-state index contributed by atoms with van der Waals surface area (Å²) in [5.41, 5.74) is 2.02. The lowest BCUT2D eigenvalue weighted by Crippen LogP contribution is -2.14. The van der Waals surface area contributed by atoms with E-state index >= 15 is 0 Å². The number of ether oxygens (including phenoxy) is 2. The maximum atomic E-state index is 13.5. The lowest BCUT2D eigenvalue weighted by Gasteiger charge is -2.11. The molecule has 0 saturated heterocycles. The normalized spacial score (nSPS) is 10.6. The van der Waals surface area contributed by atoms with Crippen LogP contribution in [0.15, 0.2) is 72.1 Å². The zero-order valence-electron chi connectivity index (χ0n) is 17.9.